The zero-order valence-corrected chi connectivity index (χ0v) is 16.5. The molecule has 0 radical (unpaired) electrons. The third-order valence-electron chi connectivity index (χ3n) is 5.16. The summed E-state index contributed by atoms with van der Waals surface area (Å²) in [6, 6.07) is 12.7. The summed E-state index contributed by atoms with van der Waals surface area (Å²) in [5, 5.41) is 0. The summed E-state index contributed by atoms with van der Waals surface area (Å²) < 4.78 is 47.1. The monoisotopic (exact) mass is 435 g/mol. The minimum atomic E-state index is -4.71. The highest BCUT2D eigenvalue weighted by Gasteiger charge is 2.31. The number of hydrogen-bond donors (Lipinski definition) is 0. The molecule has 4 rings (SSSR count). The van der Waals surface area contributed by atoms with Gasteiger partial charge in [-0.15, -0.1) is 13.2 Å². The number of fused-ring (bicyclic) bond motifs is 1. The minimum Gasteiger partial charge on any atom is -0.408 e. The van der Waals surface area contributed by atoms with E-state index in [1.807, 2.05) is 0 Å². The molecule has 3 aromatic rings. The van der Waals surface area contributed by atoms with Crippen molar-refractivity contribution < 1.29 is 27.1 Å². The SMILES string of the molecule is O=C(Cn1c(=O)oc2ccccc21)N1CCN(Cc2ccc(OC(F)(F)F)cc2)CC1. The number of hydrogen-bond acceptors (Lipinski definition) is 5. The molecular formula is C21H20F3N3O4. The Kier molecular flexibility index (Phi) is 5.73. The van der Waals surface area contributed by atoms with Gasteiger partial charge in [0.1, 0.15) is 12.3 Å². The van der Waals surface area contributed by atoms with Gasteiger partial charge in [0.25, 0.3) is 0 Å². The Hall–Kier alpha value is -3.27. The molecule has 0 spiro atoms. The van der Waals surface area contributed by atoms with E-state index in [2.05, 4.69) is 9.64 Å². The van der Waals surface area contributed by atoms with E-state index in [-0.39, 0.29) is 18.2 Å². The first-order valence-electron chi connectivity index (χ1n) is 9.72. The van der Waals surface area contributed by atoms with Crippen LogP contribution in [0, 0.1) is 0 Å². The fourth-order valence-electron chi connectivity index (χ4n) is 3.61. The molecule has 0 bridgehead atoms. The number of rotatable bonds is 5. The van der Waals surface area contributed by atoms with Crippen LogP contribution < -0.4 is 10.5 Å². The van der Waals surface area contributed by atoms with E-state index in [1.165, 1.54) is 16.7 Å². The number of carbonyl (C=O) groups excluding carboxylic acids is 1. The Morgan fingerprint density at radius 2 is 1.68 bits per heavy atom. The number of para-hydroxylation sites is 2. The molecule has 31 heavy (non-hydrogen) atoms. The van der Waals surface area contributed by atoms with Gasteiger partial charge in [0.2, 0.25) is 5.91 Å². The van der Waals surface area contributed by atoms with Crippen molar-refractivity contribution in [1.29, 1.82) is 0 Å². The molecule has 0 unspecified atom stereocenters. The molecule has 0 N–H and O–H groups in total. The number of benzene rings is 2. The third kappa shape index (κ3) is 5.08. The minimum absolute atomic E-state index is 0.0868. The van der Waals surface area contributed by atoms with Crippen molar-refractivity contribution in [3.05, 3.63) is 64.6 Å². The summed E-state index contributed by atoms with van der Waals surface area (Å²) in [6.45, 7) is 2.70. The van der Waals surface area contributed by atoms with Gasteiger partial charge in [0, 0.05) is 32.7 Å². The van der Waals surface area contributed by atoms with Crippen molar-refractivity contribution in [1.82, 2.24) is 14.4 Å². The van der Waals surface area contributed by atoms with Crippen LogP contribution >= 0.6 is 0 Å². The first-order valence-corrected chi connectivity index (χ1v) is 9.72. The van der Waals surface area contributed by atoms with Crippen molar-refractivity contribution in [3.63, 3.8) is 0 Å². The number of nitrogens with zero attached hydrogens (tertiary/aromatic N) is 3. The number of alkyl halides is 3. The Morgan fingerprint density at radius 1 is 1.00 bits per heavy atom. The molecule has 1 aliphatic rings. The second-order valence-electron chi connectivity index (χ2n) is 7.27. The first kappa shape index (κ1) is 21.0. The molecule has 10 heteroatoms. The van der Waals surface area contributed by atoms with E-state index >= 15 is 0 Å². The van der Waals surface area contributed by atoms with Gasteiger partial charge in [-0.2, -0.15) is 0 Å². The van der Waals surface area contributed by atoms with Gasteiger partial charge in [-0.05, 0) is 29.8 Å². The maximum atomic E-state index is 12.7. The van der Waals surface area contributed by atoms with Crippen molar-refractivity contribution in [2.45, 2.75) is 19.5 Å². The van der Waals surface area contributed by atoms with E-state index in [1.54, 1.807) is 41.3 Å². The molecule has 1 amide bonds. The number of ether oxygens (including phenoxy) is 1. The van der Waals surface area contributed by atoms with Crippen LogP contribution in [0.4, 0.5) is 13.2 Å². The van der Waals surface area contributed by atoms with E-state index in [0.717, 1.165) is 5.56 Å². The number of carbonyl (C=O) groups is 1. The van der Waals surface area contributed by atoms with Crippen LogP contribution in [-0.2, 0) is 17.9 Å². The van der Waals surface area contributed by atoms with Crippen LogP contribution in [-0.4, -0.2) is 52.8 Å². The Morgan fingerprint density at radius 3 is 2.35 bits per heavy atom. The van der Waals surface area contributed by atoms with Gasteiger partial charge in [-0.25, -0.2) is 4.79 Å². The summed E-state index contributed by atoms with van der Waals surface area (Å²) in [6.07, 6.45) is -4.71. The summed E-state index contributed by atoms with van der Waals surface area (Å²) in [7, 11) is 0. The van der Waals surface area contributed by atoms with Crippen LogP contribution in [0.1, 0.15) is 5.56 Å². The number of oxazole rings is 1. The van der Waals surface area contributed by atoms with Gasteiger partial charge in [-0.1, -0.05) is 24.3 Å². The predicted molar refractivity (Wildman–Crippen MR) is 105 cm³/mol. The Labute approximate surface area is 175 Å². The van der Waals surface area contributed by atoms with Crippen molar-refractivity contribution in [2.24, 2.45) is 0 Å². The number of halogens is 3. The molecule has 2 aromatic carbocycles. The first-order chi connectivity index (χ1) is 14.8. The van der Waals surface area contributed by atoms with Crippen LogP contribution in [0.2, 0.25) is 0 Å². The van der Waals surface area contributed by atoms with Gasteiger partial charge in [-0.3, -0.25) is 14.3 Å². The average Bonchev–Trinajstić information content (AvgIpc) is 3.04. The van der Waals surface area contributed by atoms with Crippen LogP contribution in [0.15, 0.2) is 57.7 Å². The molecular weight excluding hydrogens is 415 g/mol. The zero-order valence-electron chi connectivity index (χ0n) is 16.5. The second kappa shape index (κ2) is 8.46. The number of piperazine rings is 1. The third-order valence-corrected chi connectivity index (χ3v) is 5.16. The lowest BCUT2D eigenvalue weighted by Gasteiger charge is -2.34. The fourth-order valence-corrected chi connectivity index (χ4v) is 3.61. The highest BCUT2D eigenvalue weighted by molar-refractivity contribution is 5.79. The molecule has 1 saturated heterocycles. The summed E-state index contributed by atoms with van der Waals surface area (Å²) >= 11 is 0. The highest BCUT2D eigenvalue weighted by Crippen LogP contribution is 2.23. The molecule has 7 nitrogen and oxygen atoms in total. The smallest absolute Gasteiger partial charge is 0.408 e. The van der Waals surface area contributed by atoms with Gasteiger partial charge in [0.15, 0.2) is 5.58 Å². The average molecular weight is 435 g/mol. The lowest BCUT2D eigenvalue weighted by molar-refractivity contribution is -0.274. The summed E-state index contributed by atoms with van der Waals surface area (Å²) in [5.74, 6) is -0.984. The molecule has 1 aliphatic heterocycles. The second-order valence-corrected chi connectivity index (χ2v) is 7.27. The topological polar surface area (TPSA) is 67.9 Å². The highest BCUT2D eigenvalue weighted by atomic mass is 19.4. The normalized spacial score (nSPS) is 15.4. The quantitative estimate of drug-likeness (QED) is 0.617. The fraction of sp³-hybridized carbons (Fsp3) is 0.333. The van der Waals surface area contributed by atoms with Crippen LogP contribution in [0.5, 0.6) is 5.75 Å². The van der Waals surface area contributed by atoms with Gasteiger partial charge < -0.3 is 14.1 Å². The molecule has 164 valence electrons. The van der Waals surface area contributed by atoms with Gasteiger partial charge in [0.05, 0.1) is 5.52 Å². The maximum absolute atomic E-state index is 12.7. The van der Waals surface area contributed by atoms with E-state index in [0.29, 0.717) is 43.8 Å². The molecule has 0 aliphatic carbocycles. The standard InChI is InChI=1S/C21H20F3N3O4/c22-21(23,24)31-16-7-5-15(6-8-16)13-25-9-11-26(12-10-25)19(28)14-27-17-3-1-2-4-18(17)30-20(27)29/h1-8H,9-14H2. The molecule has 2 heterocycles. The molecule has 1 fully saturated rings. The van der Waals surface area contributed by atoms with E-state index in [4.69, 9.17) is 4.42 Å². The molecule has 1 aromatic heterocycles. The van der Waals surface area contributed by atoms with Crippen molar-refractivity contribution >= 4 is 17.0 Å². The number of aromatic nitrogens is 1. The van der Waals surface area contributed by atoms with Gasteiger partial charge >= 0.3 is 12.1 Å². The van der Waals surface area contributed by atoms with Crippen molar-refractivity contribution in [3.8, 4) is 5.75 Å². The van der Waals surface area contributed by atoms with Crippen LogP contribution in [0.25, 0.3) is 11.1 Å². The van der Waals surface area contributed by atoms with E-state index in [9.17, 15) is 22.8 Å². The summed E-state index contributed by atoms with van der Waals surface area (Å²) in [5.41, 5.74) is 1.87. The molecule has 0 saturated carbocycles. The van der Waals surface area contributed by atoms with Crippen molar-refractivity contribution in [2.75, 3.05) is 26.2 Å². The zero-order chi connectivity index (χ0) is 22.0. The largest absolute Gasteiger partial charge is 0.573 e. The lowest BCUT2D eigenvalue weighted by Crippen LogP contribution is -2.49. The predicted octanol–water partition coefficient (Wildman–Crippen LogP) is 2.84. The summed E-state index contributed by atoms with van der Waals surface area (Å²) in [4.78, 5) is 28.6. The Balaban J connectivity index is 1.31. The maximum Gasteiger partial charge on any atom is 0.573 e. The van der Waals surface area contributed by atoms with E-state index < -0.39 is 12.1 Å². The lowest BCUT2D eigenvalue weighted by atomic mass is 10.2. The Bertz CT molecular complexity index is 1110. The number of amides is 1. The van der Waals surface area contributed by atoms with Crippen LogP contribution in [0.3, 0.4) is 0 Å². The molecule has 0 atom stereocenters.